The predicted molar refractivity (Wildman–Crippen MR) is 152 cm³/mol. The van der Waals surface area contributed by atoms with Crippen molar-refractivity contribution >= 4 is 22.1 Å². The SMILES string of the molecule is c1ccc(CNCc2cncc(-c3ccc4[nH]nc(-c5cc6c(-c7cccnc7)ccnc6[nH]5)c4n3)c2)cc1. The molecule has 0 radical (unpaired) electrons. The monoisotopic (exact) mass is 508 g/mol. The molecule has 0 spiro atoms. The summed E-state index contributed by atoms with van der Waals surface area (Å²) in [6, 6.07) is 24.6. The van der Waals surface area contributed by atoms with Gasteiger partial charge in [-0.05, 0) is 53.1 Å². The Bertz CT molecular complexity index is 1890. The first kappa shape index (κ1) is 22.9. The number of rotatable bonds is 7. The molecule has 0 aliphatic rings. The van der Waals surface area contributed by atoms with Crippen molar-refractivity contribution in [3.8, 4) is 33.8 Å². The van der Waals surface area contributed by atoms with Gasteiger partial charge in [-0.3, -0.25) is 15.1 Å². The van der Waals surface area contributed by atoms with E-state index in [-0.39, 0.29) is 0 Å². The van der Waals surface area contributed by atoms with E-state index in [1.54, 1.807) is 12.4 Å². The first-order valence-electron chi connectivity index (χ1n) is 12.7. The summed E-state index contributed by atoms with van der Waals surface area (Å²) in [7, 11) is 0. The molecule has 0 saturated heterocycles. The van der Waals surface area contributed by atoms with Crippen molar-refractivity contribution in [2.24, 2.45) is 0 Å². The summed E-state index contributed by atoms with van der Waals surface area (Å²) in [6.45, 7) is 1.52. The number of pyridine rings is 4. The van der Waals surface area contributed by atoms with Crippen molar-refractivity contribution in [2.75, 3.05) is 0 Å². The first-order valence-corrected chi connectivity index (χ1v) is 12.7. The standard InChI is InChI=1S/C31H24N8/c1-2-5-20(6-3-1)15-33-16-21-13-23(19-34-17-21)26-8-9-27-29(36-26)30(39-38-27)28-14-25-24(10-12-35-31(25)37-28)22-7-4-11-32-18-22/h1-14,17-19,33H,15-16H2,(H,35,37)(H,38,39). The van der Waals surface area contributed by atoms with Crippen LogP contribution in [0.1, 0.15) is 11.1 Å². The molecule has 3 N–H and O–H groups in total. The Morgan fingerprint density at radius 3 is 2.54 bits per heavy atom. The lowest BCUT2D eigenvalue weighted by Gasteiger charge is -2.07. The summed E-state index contributed by atoms with van der Waals surface area (Å²) < 4.78 is 0. The molecule has 188 valence electrons. The molecule has 8 nitrogen and oxygen atoms in total. The fourth-order valence-corrected chi connectivity index (χ4v) is 4.85. The largest absolute Gasteiger partial charge is 0.338 e. The van der Waals surface area contributed by atoms with Gasteiger partial charge in [-0.15, -0.1) is 0 Å². The smallest absolute Gasteiger partial charge is 0.138 e. The summed E-state index contributed by atoms with van der Waals surface area (Å²) in [4.78, 5) is 21.7. The molecule has 0 fully saturated rings. The summed E-state index contributed by atoms with van der Waals surface area (Å²) in [5.74, 6) is 0. The first-order chi connectivity index (χ1) is 19.3. The van der Waals surface area contributed by atoms with E-state index in [1.165, 1.54) is 5.56 Å². The Hall–Kier alpha value is -5.21. The van der Waals surface area contributed by atoms with Gasteiger partial charge in [0.2, 0.25) is 0 Å². The quantitative estimate of drug-likeness (QED) is 0.247. The zero-order valence-electron chi connectivity index (χ0n) is 21.0. The highest BCUT2D eigenvalue weighted by Crippen LogP contribution is 2.33. The molecular formula is C31H24N8. The lowest BCUT2D eigenvalue weighted by molar-refractivity contribution is 0.691. The van der Waals surface area contributed by atoms with E-state index in [2.05, 4.69) is 71.8 Å². The molecular weight excluding hydrogens is 484 g/mol. The number of H-pyrrole nitrogens is 2. The maximum atomic E-state index is 5.00. The zero-order valence-corrected chi connectivity index (χ0v) is 21.0. The van der Waals surface area contributed by atoms with Crippen molar-refractivity contribution in [1.29, 1.82) is 0 Å². The Morgan fingerprint density at radius 1 is 0.744 bits per heavy atom. The topological polar surface area (TPSA) is 108 Å². The van der Waals surface area contributed by atoms with E-state index in [9.17, 15) is 0 Å². The molecule has 7 rings (SSSR count). The molecule has 0 aliphatic heterocycles. The van der Waals surface area contributed by atoms with E-state index in [1.807, 2.05) is 55.0 Å². The average molecular weight is 509 g/mol. The lowest BCUT2D eigenvalue weighted by Crippen LogP contribution is -2.12. The Kier molecular flexibility index (Phi) is 5.84. The minimum absolute atomic E-state index is 0.719. The van der Waals surface area contributed by atoms with Crippen LogP contribution in [0, 0.1) is 0 Å². The van der Waals surface area contributed by atoms with Crippen LogP contribution in [0.2, 0.25) is 0 Å². The summed E-state index contributed by atoms with van der Waals surface area (Å²) in [5.41, 5.74) is 10.3. The molecule has 8 heteroatoms. The predicted octanol–water partition coefficient (Wildman–Crippen LogP) is 5.92. The van der Waals surface area contributed by atoms with E-state index in [0.29, 0.717) is 0 Å². The highest BCUT2D eigenvalue weighted by molar-refractivity contribution is 5.98. The molecule has 0 saturated carbocycles. The molecule has 1 aromatic carbocycles. The number of aromatic amines is 2. The third kappa shape index (κ3) is 4.54. The van der Waals surface area contributed by atoms with Crippen LogP contribution < -0.4 is 5.32 Å². The molecule has 0 atom stereocenters. The maximum absolute atomic E-state index is 5.00. The van der Waals surface area contributed by atoms with Gasteiger partial charge in [0, 0.05) is 60.6 Å². The minimum atomic E-state index is 0.719. The van der Waals surface area contributed by atoms with Crippen LogP contribution in [0.15, 0.2) is 104 Å². The van der Waals surface area contributed by atoms with Gasteiger partial charge in [-0.25, -0.2) is 9.97 Å². The van der Waals surface area contributed by atoms with Gasteiger partial charge >= 0.3 is 0 Å². The van der Waals surface area contributed by atoms with Gasteiger partial charge in [-0.2, -0.15) is 5.10 Å². The summed E-state index contributed by atoms with van der Waals surface area (Å²) in [5, 5.41) is 12.2. The third-order valence-corrected chi connectivity index (χ3v) is 6.76. The molecule has 6 aromatic heterocycles. The van der Waals surface area contributed by atoms with Crippen molar-refractivity contribution in [1.82, 2.24) is 40.4 Å². The third-order valence-electron chi connectivity index (χ3n) is 6.76. The number of benzene rings is 1. The number of fused-ring (bicyclic) bond motifs is 2. The second-order valence-electron chi connectivity index (χ2n) is 9.38. The Morgan fingerprint density at radius 2 is 1.64 bits per heavy atom. The van der Waals surface area contributed by atoms with Crippen LogP contribution >= 0.6 is 0 Å². The van der Waals surface area contributed by atoms with Crippen LogP contribution in [-0.2, 0) is 13.1 Å². The van der Waals surface area contributed by atoms with Crippen molar-refractivity contribution in [2.45, 2.75) is 13.1 Å². The molecule has 0 amide bonds. The van der Waals surface area contributed by atoms with Gasteiger partial charge in [0.25, 0.3) is 0 Å². The maximum Gasteiger partial charge on any atom is 0.138 e. The normalized spacial score (nSPS) is 11.4. The van der Waals surface area contributed by atoms with Crippen LogP contribution in [-0.4, -0.2) is 35.1 Å². The number of aromatic nitrogens is 7. The second kappa shape index (κ2) is 9.92. The van der Waals surface area contributed by atoms with Gasteiger partial charge in [0.05, 0.1) is 16.9 Å². The van der Waals surface area contributed by atoms with E-state index in [0.717, 1.165) is 74.5 Å². The van der Waals surface area contributed by atoms with Crippen molar-refractivity contribution in [3.63, 3.8) is 0 Å². The molecule has 7 aromatic rings. The zero-order chi connectivity index (χ0) is 26.0. The molecule has 0 unspecified atom stereocenters. The van der Waals surface area contributed by atoms with Crippen LogP contribution in [0.3, 0.4) is 0 Å². The molecule has 0 aliphatic carbocycles. The number of nitrogens with one attached hydrogen (secondary N) is 3. The average Bonchev–Trinajstić information content (AvgIpc) is 3.62. The fourth-order valence-electron chi connectivity index (χ4n) is 4.85. The van der Waals surface area contributed by atoms with Crippen molar-refractivity contribution in [3.05, 3.63) is 115 Å². The van der Waals surface area contributed by atoms with Gasteiger partial charge in [0.15, 0.2) is 0 Å². The van der Waals surface area contributed by atoms with Gasteiger partial charge < -0.3 is 10.3 Å². The lowest BCUT2D eigenvalue weighted by atomic mass is 10.1. The van der Waals surface area contributed by atoms with Crippen LogP contribution in [0.5, 0.6) is 0 Å². The second-order valence-corrected chi connectivity index (χ2v) is 9.38. The number of hydrogen-bond donors (Lipinski definition) is 3. The molecule has 0 bridgehead atoms. The number of nitrogens with zero attached hydrogens (tertiary/aromatic N) is 5. The summed E-state index contributed by atoms with van der Waals surface area (Å²) in [6.07, 6.45) is 9.18. The fraction of sp³-hybridized carbons (Fsp3) is 0.0645. The Balaban J connectivity index is 1.20. The Labute approximate surface area is 224 Å². The van der Waals surface area contributed by atoms with Gasteiger partial charge in [0.1, 0.15) is 16.9 Å². The minimum Gasteiger partial charge on any atom is -0.338 e. The van der Waals surface area contributed by atoms with E-state index in [4.69, 9.17) is 4.98 Å². The molecule has 39 heavy (non-hydrogen) atoms. The summed E-state index contributed by atoms with van der Waals surface area (Å²) >= 11 is 0. The van der Waals surface area contributed by atoms with E-state index >= 15 is 0 Å². The van der Waals surface area contributed by atoms with Crippen LogP contribution in [0.25, 0.3) is 55.8 Å². The number of hydrogen-bond acceptors (Lipinski definition) is 6. The van der Waals surface area contributed by atoms with Crippen molar-refractivity contribution < 1.29 is 0 Å². The highest BCUT2D eigenvalue weighted by atomic mass is 15.1. The van der Waals surface area contributed by atoms with E-state index < -0.39 is 0 Å². The molecule has 6 heterocycles. The van der Waals surface area contributed by atoms with Gasteiger partial charge in [-0.1, -0.05) is 36.4 Å². The highest BCUT2D eigenvalue weighted by Gasteiger charge is 2.16. The van der Waals surface area contributed by atoms with Crippen LogP contribution in [0.4, 0.5) is 0 Å².